The number of allylic oxidation sites excluding steroid dienone is 2. The molecule has 0 aliphatic carbocycles. The van der Waals surface area contributed by atoms with Gasteiger partial charge in [-0.1, -0.05) is 36.4 Å². The molecule has 0 saturated heterocycles. The van der Waals surface area contributed by atoms with Crippen molar-refractivity contribution >= 4 is 35.0 Å². The van der Waals surface area contributed by atoms with Crippen LogP contribution in [-0.2, 0) is 4.79 Å². The van der Waals surface area contributed by atoms with Crippen LogP contribution < -0.4 is 15.1 Å². The Labute approximate surface area is 212 Å². The van der Waals surface area contributed by atoms with Crippen molar-refractivity contribution in [3.63, 3.8) is 0 Å². The van der Waals surface area contributed by atoms with E-state index in [1.54, 1.807) is 24.3 Å². The Morgan fingerprint density at radius 1 is 0.778 bits per heavy atom. The highest BCUT2D eigenvalue weighted by molar-refractivity contribution is 6.07. The highest BCUT2D eigenvalue weighted by Gasteiger charge is 2.12. The van der Waals surface area contributed by atoms with Crippen LogP contribution in [0, 0.1) is 5.82 Å². The number of rotatable bonds is 10. The van der Waals surface area contributed by atoms with Gasteiger partial charge >= 0.3 is 0 Å². The van der Waals surface area contributed by atoms with Gasteiger partial charge in [0.2, 0.25) is 0 Å². The summed E-state index contributed by atoms with van der Waals surface area (Å²) in [5.41, 5.74) is 4.72. The Balaban J connectivity index is 1.82. The summed E-state index contributed by atoms with van der Waals surface area (Å²) < 4.78 is 13.2. The smallest absolute Gasteiger partial charge is 0.187 e. The lowest BCUT2D eigenvalue weighted by Gasteiger charge is -2.12. The van der Waals surface area contributed by atoms with E-state index in [9.17, 15) is 14.3 Å². The molecule has 5 nitrogen and oxygen atoms in total. The number of aliphatic hydroxyl groups excluding tert-OH is 1. The predicted octanol–water partition coefficient (Wildman–Crippen LogP) is 6.18. The van der Waals surface area contributed by atoms with Crippen molar-refractivity contribution < 1.29 is 14.3 Å². The van der Waals surface area contributed by atoms with Crippen molar-refractivity contribution in [2.24, 2.45) is 0 Å². The average Bonchev–Trinajstić information content (AvgIpc) is 2.87. The van der Waals surface area contributed by atoms with Crippen LogP contribution in [0.15, 0.2) is 96.3 Å². The molecule has 0 saturated carbocycles. The molecule has 0 heterocycles. The largest absolute Gasteiger partial charge is 0.507 e. The molecule has 0 atom stereocenters. The van der Waals surface area contributed by atoms with E-state index in [-0.39, 0.29) is 29.5 Å². The molecule has 0 amide bonds. The first-order valence-electron chi connectivity index (χ1n) is 11.6. The van der Waals surface area contributed by atoms with Crippen molar-refractivity contribution in [2.75, 3.05) is 49.9 Å². The summed E-state index contributed by atoms with van der Waals surface area (Å²) in [7, 11) is 7.87. The summed E-state index contributed by atoms with van der Waals surface area (Å²) in [6.07, 6.45) is 6.44. The molecule has 0 aliphatic rings. The number of nitrogens with zero attached hydrogens (tertiary/aromatic N) is 2. The molecule has 0 radical (unpaired) electrons. The number of hydrogen-bond donors (Lipinski definition) is 2. The molecule has 0 aliphatic heterocycles. The molecule has 36 heavy (non-hydrogen) atoms. The average molecular weight is 486 g/mol. The van der Waals surface area contributed by atoms with E-state index in [0.717, 1.165) is 22.5 Å². The Kier molecular flexibility index (Phi) is 9.06. The molecule has 0 aromatic heterocycles. The summed E-state index contributed by atoms with van der Waals surface area (Å²) in [5, 5.41) is 13.9. The zero-order chi connectivity index (χ0) is 26.1. The number of carbonyl (C=O) groups excluding carboxylic acids is 1. The first-order valence-corrected chi connectivity index (χ1v) is 11.6. The van der Waals surface area contributed by atoms with E-state index in [1.165, 1.54) is 24.3 Å². The highest BCUT2D eigenvalue weighted by atomic mass is 19.1. The molecule has 3 aromatic carbocycles. The number of hydrogen-bond acceptors (Lipinski definition) is 5. The second-order valence-electron chi connectivity index (χ2n) is 8.73. The number of nitrogens with one attached hydrogen (secondary N) is 1. The summed E-state index contributed by atoms with van der Waals surface area (Å²) in [5.74, 6) is -0.813. The fraction of sp³-hybridized carbons (Fsp3) is 0.167. The van der Waals surface area contributed by atoms with Crippen LogP contribution in [0.4, 0.5) is 21.5 Å². The van der Waals surface area contributed by atoms with Gasteiger partial charge in [-0.3, -0.25) is 4.79 Å². The van der Waals surface area contributed by atoms with E-state index in [4.69, 9.17) is 0 Å². The number of carbonyl (C=O) groups is 1. The lowest BCUT2D eigenvalue weighted by atomic mass is 10.1. The van der Waals surface area contributed by atoms with Crippen molar-refractivity contribution in [2.45, 2.75) is 0 Å². The van der Waals surface area contributed by atoms with E-state index < -0.39 is 0 Å². The Morgan fingerprint density at radius 2 is 1.25 bits per heavy atom. The lowest BCUT2D eigenvalue weighted by molar-refractivity contribution is -0.111. The molecule has 3 aromatic rings. The van der Waals surface area contributed by atoms with Gasteiger partial charge in [-0.2, -0.15) is 0 Å². The van der Waals surface area contributed by atoms with E-state index in [0.29, 0.717) is 5.69 Å². The third kappa shape index (κ3) is 7.60. The zero-order valence-electron chi connectivity index (χ0n) is 21.1. The van der Waals surface area contributed by atoms with Crippen LogP contribution in [0.1, 0.15) is 11.1 Å². The normalized spacial score (nSPS) is 12.0. The van der Waals surface area contributed by atoms with Gasteiger partial charge in [0.05, 0.1) is 5.57 Å². The molecular formula is C30H32FN3O2. The van der Waals surface area contributed by atoms with Gasteiger partial charge < -0.3 is 20.2 Å². The lowest BCUT2D eigenvalue weighted by Crippen LogP contribution is -2.14. The molecular weight excluding hydrogens is 453 g/mol. The fourth-order valence-electron chi connectivity index (χ4n) is 3.38. The third-order valence-corrected chi connectivity index (χ3v) is 5.60. The highest BCUT2D eigenvalue weighted by Crippen LogP contribution is 2.17. The van der Waals surface area contributed by atoms with Crippen LogP contribution in [0.2, 0.25) is 0 Å². The minimum Gasteiger partial charge on any atom is -0.507 e. The third-order valence-electron chi connectivity index (χ3n) is 5.60. The first-order chi connectivity index (χ1) is 17.2. The second-order valence-corrected chi connectivity index (χ2v) is 8.73. The van der Waals surface area contributed by atoms with Crippen LogP contribution in [0.3, 0.4) is 0 Å². The topological polar surface area (TPSA) is 55.8 Å². The van der Waals surface area contributed by atoms with Gasteiger partial charge in [-0.15, -0.1) is 0 Å². The van der Waals surface area contributed by atoms with Gasteiger partial charge in [0, 0.05) is 51.8 Å². The molecule has 0 unspecified atom stereocenters. The van der Waals surface area contributed by atoms with Crippen molar-refractivity contribution in [3.8, 4) is 0 Å². The van der Waals surface area contributed by atoms with Crippen LogP contribution in [0.25, 0.3) is 12.2 Å². The molecule has 6 heteroatoms. The van der Waals surface area contributed by atoms with Crippen molar-refractivity contribution in [1.82, 2.24) is 0 Å². The zero-order valence-corrected chi connectivity index (χ0v) is 21.1. The quantitative estimate of drug-likeness (QED) is 0.204. The van der Waals surface area contributed by atoms with Crippen molar-refractivity contribution in [1.29, 1.82) is 0 Å². The van der Waals surface area contributed by atoms with Gasteiger partial charge in [0.15, 0.2) is 5.78 Å². The standard InChI is InChI=1S/C30H32FN3O2/c1-33(2)26-15-5-22(6-16-26)9-19-29(35)28(21-32-25-13-11-24(31)12-14-25)30(36)20-10-23-7-17-27(18-8-23)34(3)4/h5-20,32,35H,21H2,1-4H3/b19-9+,20-10+,29-28-. The maximum Gasteiger partial charge on any atom is 0.187 e. The van der Waals surface area contributed by atoms with Gasteiger partial charge in [-0.05, 0) is 71.8 Å². The maximum atomic E-state index is 13.2. The van der Waals surface area contributed by atoms with Crippen LogP contribution in [0.5, 0.6) is 0 Å². The Hall–Kier alpha value is -4.32. The number of aliphatic hydroxyl groups is 1. The minimum atomic E-state index is -0.346. The van der Waals surface area contributed by atoms with Crippen molar-refractivity contribution in [3.05, 3.63) is 113 Å². The summed E-state index contributed by atoms with van der Waals surface area (Å²) in [6.45, 7) is 0.0735. The first kappa shape index (κ1) is 26.3. The van der Waals surface area contributed by atoms with E-state index in [2.05, 4.69) is 5.32 Å². The number of anilines is 3. The molecule has 0 spiro atoms. The SMILES string of the molecule is CN(C)c1ccc(/C=C/C(=O)/C(CNc2ccc(F)cc2)=C(O)/C=C/c2ccc(N(C)C)cc2)cc1. The molecule has 3 rings (SSSR count). The fourth-order valence-corrected chi connectivity index (χ4v) is 3.38. The molecule has 186 valence electrons. The summed E-state index contributed by atoms with van der Waals surface area (Å²) >= 11 is 0. The summed E-state index contributed by atoms with van der Waals surface area (Å²) in [6, 6.07) is 21.5. The molecule has 0 fully saturated rings. The predicted molar refractivity (Wildman–Crippen MR) is 149 cm³/mol. The summed E-state index contributed by atoms with van der Waals surface area (Å²) in [4.78, 5) is 17.1. The molecule has 2 N–H and O–H groups in total. The van der Waals surface area contributed by atoms with E-state index in [1.807, 2.05) is 86.5 Å². The Morgan fingerprint density at radius 3 is 1.72 bits per heavy atom. The Bertz CT molecular complexity index is 1240. The van der Waals surface area contributed by atoms with Crippen LogP contribution in [-0.4, -0.2) is 45.6 Å². The minimum absolute atomic E-state index is 0.0735. The number of halogens is 1. The number of ketones is 1. The monoisotopic (exact) mass is 485 g/mol. The molecule has 0 bridgehead atoms. The van der Waals surface area contributed by atoms with Crippen LogP contribution >= 0.6 is 0 Å². The van der Waals surface area contributed by atoms with E-state index >= 15 is 0 Å². The van der Waals surface area contributed by atoms with Gasteiger partial charge in [0.25, 0.3) is 0 Å². The maximum absolute atomic E-state index is 13.2. The van der Waals surface area contributed by atoms with Gasteiger partial charge in [0.1, 0.15) is 11.6 Å². The van der Waals surface area contributed by atoms with Gasteiger partial charge in [-0.25, -0.2) is 4.39 Å². The number of benzene rings is 3. The second kappa shape index (κ2) is 12.4.